The van der Waals surface area contributed by atoms with Crippen molar-refractivity contribution < 1.29 is 22.3 Å². The number of nitrogens with one attached hydrogen (secondary N) is 1. The lowest BCUT2D eigenvalue weighted by Crippen LogP contribution is -2.41. The maximum Gasteiger partial charge on any atom is 0.416 e. The van der Waals surface area contributed by atoms with Gasteiger partial charge in [-0.25, -0.2) is 9.38 Å². The lowest BCUT2D eigenvalue weighted by atomic mass is 9.98. The molecular weight excluding hydrogens is 350 g/mol. The average Bonchev–Trinajstić information content (AvgIpc) is 2.61. The largest absolute Gasteiger partial charge is 0.494 e. The van der Waals surface area contributed by atoms with Gasteiger partial charge in [0.15, 0.2) is 11.6 Å². The van der Waals surface area contributed by atoms with Crippen LogP contribution in [0.1, 0.15) is 12.5 Å². The third-order valence-electron chi connectivity index (χ3n) is 4.05. The summed E-state index contributed by atoms with van der Waals surface area (Å²) in [6, 6.07) is 4.55. The Bertz CT molecular complexity index is 837. The van der Waals surface area contributed by atoms with Crippen LogP contribution < -0.4 is 10.1 Å². The predicted octanol–water partition coefficient (Wildman–Crippen LogP) is 3.84. The van der Waals surface area contributed by atoms with Gasteiger partial charge in [-0.3, -0.25) is 4.90 Å². The van der Waals surface area contributed by atoms with E-state index in [0.717, 1.165) is 12.2 Å². The van der Waals surface area contributed by atoms with Crippen LogP contribution in [0.2, 0.25) is 0 Å². The van der Waals surface area contributed by atoms with Crippen molar-refractivity contribution in [3.8, 4) is 5.75 Å². The fourth-order valence-corrected chi connectivity index (χ4v) is 2.83. The second-order valence-electron chi connectivity index (χ2n) is 5.64. The highest BCUT2D eigenvalue weighted by Gasteiger charge is 2.36. The average molecular weight is 367 g/mol. The summed E-state index contributed by atoms with van der Waals surface area (Å²) in [4.78, 5) is 5.85. The topological polar surface area (TPSA) is 36.9 Å². The number of rotatable bonds is 3. The Morgan fingerprint density at radius 2 is 2.08 bits per heavy atom. The standard InChI is InChI=1S/C18H17F4N3O/c1-3-23-17-24-10-13(12-5-4-6-15(26-2)16(12)19)14-9-11(18(20,21)22)7-8-25(14)17/h4-9H,3,10H2,1-2H3,(H,23,24). The highest BCUT2D eigenvalue weighted by atomic mass is 19.4. The van der Waals surface area contributed by atoms with Crippen molar-refractivity contribution in [2.45, 2.75) is 13.1 Å². The number of aliphatic imine (C=N–C) groups is 1. The maximum absolute atomic E-state index is 14.7. The van der Waals surface area contributed by atoms with E-state index in [0.29, 0.717) is 18.1 Å². The van der Waals surface area contributed by atoms with Crippen molar-refractivity contribution in [1.82, 2.24) is 10.2 Å². The van der Waals surface area contributed by atoms with Gasteiger partial charge in [0.1, 0.15) is 0 Å². The number of allylic oxidation sites excluding steroid dienone is 3. The van der Waals surface area contributed by atoms with Crippen LogP contribution in [0.3, 0.4) is 0 Å². The number of ether oxygens (including phenoxy) is 1. The minimum absolute atomic E-state index is 0.0231. The lowest BCUT2D eigenvalue weighted by molar-refractivity contribution is -0.0885. The molecule has 0 fully saturated rings. The molecule has 0 spiro atoms. The van der Waals surface area contributed by atoms with Crippen LogP contribution in [0.25, 0.3) is 5.57 Å². The molecule has 0 aliphatic carbocycles. The minimum Gasteiger partial charge on any atom is -0.494 e. The van der Waals surface area contributed by atoms with E-state index in [1.54, 1.807) is 6.07 Å². The molecule has 2 heterocycles. The van der Waals surface area contributed by atoms with E-state index in [-0.39, 0.29) is 23.6 Å². The molecule has 1 N–H and O–H groups in total. The number of methoxy groups -OCH3 is 1. The summed E-state index contributed by atoms with van der Waals surface area (Å²) in [6.45, 7) is 2.46. The third-order valence-corrected chi connectivity index (χ3v) is 4.05. The predicted molar refractivity (Wildman–Crippen MR) is 91.0 cm³/mol. The van der Waals surface area contributed by atoms with Crippen molar-refractivity contribution in [3.63, 3.8) is 0 Å². The molecule has 0 atom stereocenters. The first kappa shape index (κ1) is 18.0. The molecule has 0 bridgehead atoms. The third kappa shape index (κ3) is 3.18. The molecule has 26 heavy (non-hydrogen) atoms. The Kier molecular flexibility index (Phi) is 4.76. The number of nitrogens with zero attached hydrogens (tertiary/aromatic N) is 2. The first-order valence-electron chi connectivity index (χ1n) is 7.97. The first-order chi connectivity index (χ1) is 12.4. The van der Waals surface area contributed by atoms with Crippen LogP contribution in [-0.4, -0.2) is 37.2 Å². The van der Waals surface area contributed by atoms with Gasteiger partial charge >= 0.3 is 6.18 Å². The summed E-state index contributed by atoms with van der Waals surface area (Å²) >= 11 is 0. The summed E-state index contributed by atoms with van der Waals surface area (Å²) in [6.07, 6.45) is -1.22. The molecule has 2 aliphatic heterocycles. The highest BCUT2D eigenvalue weighted by Crippen LogP contribution is 2.37. The van der Waals surface area contributed by atoms with E-state index < -0.39 is 17.6 Å². The van der Waals surface area contributed by atoms with Gasteiger partial charge in [0, 0.05) is 23.9 Å². The van der Waals surface area contributed by atoms with Crippen molar-refractivity contribution in [3.05, 3.63) is 59.2 Å². The zero-order valence-electron chi connectivity index (χ0n) is 14.2. The molecule has 4 nitrogen and oxygen atoms in total. The van der Waals surface area contributed by atoms with Gasteiger partial charge in [0.2, 0.25) is 5.96 Å². The van der Waals surface area contributed by atoms with Gasteiger partial charge in [-0.15, -0.1) is 0 Å². The zero-order chi connectivity index (χ0) is 18.9. The molecule has 8 heteroatoms. The van der Waals surface area contributed by atoms with Crippen LogP contribution in [0, 0.1) is 5.82 Å². The zero-order valence-corrected chi connectivity index (χ0v) is 14.2. The lowest BCUT2D eigenvalue weighted by Gasteiger charge is -2.33. The number of benzene rings is 1. The molecule has 0 saturated heterocycles. The highest BCUT2D eigenvalue weighted by molar-refractivity contribution is 5.91. The van der Waals surface area contributed by atoms with Crippen molar-refractivity contribution >= 4 is 11.5 Å². The number of hydrogen-bond acceptors (Lipinski definition) is 4. The van der Waals surface area contributed by atoms with Crippen LogP contribution in [0.15, 0.2) is 52.8 Å². The maximum atomic E-state index is 14.7. The molecule has 0 unspecified atom stereocenters. The van der Waals surface area contributed by atoms with Gasteiger partial charge in [-0.05, 0) is 25.1 Å². The molecule has 1 aromatic rings. The van der Waals surface area contributed by atoms with Crippen molar-refractivity contribution in [1.29, 1.82) is 0 Å². The van der Waals surface area contributed by atoms with Gasteiger partial charge in [0.05, 0.1) is 24.9 Å². The van der Waals surface area contributed by atoms with Gasteiger partial charge < -0.3 is 10.1 Å². The normalized spacial score (nSPS) is 16.9. The molecule has 138 valence electrons. The first-order valence-corrected chi connectivity index (χ1v) is 7.97. The number of alkyl halides is 3. The quantitative estimate of drug-likeness (QED) is 0.825. The molecule has 0 amide bonds. The Morgan fingerprint density at radius 3 is 2.73 bits per heavy atom. The van der Waals surface area contributed by atoms with Crippen LogP contribution in [0.5, 0.6) is 5.75 Å². The van der Waals surface area contributed by atoms with Gasteiger partial charge in [-0.1, -0.05) is 12.1 Å². The number of guanidine groups is 1. The summed E-state index contributed by atoms with van der Waals surface area (Å²) in [5, 5.41) is 3.01. The van der Waals surface area contributed by atoms with Crippen LogP contribution in [0.4, 0.5) is 17.6 Å². The molecule has 2 aliphatic rings. The van der Waals surface area contributed by atoms with Crippen molar-refractivity contribution in [2.75, 3.05) is 20.2 Å². The van der Waals surface area contributed by atoms with E-state index in [1.807, 2.05) is 6.92 Å². The van der Waals surface area contributed by atoms with Crippen molar-refractivity contribution in [2.24, 2.45) is 4.99 Å². The summed E-state index contributed by atoms with van der Waals surface area (Å²) < 4.78 is 59.2. The van der Waals surface area contributed by atoms with E-state index >= 15 is 0 Å². The molecule has 0 saturated carbocycles. The van der Waals surface area contributed by atoms with E-state index in [9.17, 15) is 17.6 Å². The SMILES string of the molecule is CCNC1=NCC(c2cccc(OC)c2F)=C2C=C(C(F)(F)F)C=CN12. The summed E-state index contributed by atoms with van der Waals surface area (Å²) in [5.74, 6) is -0.186. The van der Waals surface area contributed by atoms with Crippen LogP contribution in [-0.2, 0) is 0 Å². The molecule has 0 aromatic heterocycles. The van der Waals surface area contributed by atoms with Crippen LogP contribution >= 0.6 is 0 Å². The molecule has 3 rings (SSSR count). The van der Waals surface area contributed by atoms with E-state index in [4.69, 9.17) is 4.74 Å². The van der Waals surface area contributed by atoms with E-state index in [1.165, 1.54) is 30.3 Å². The van der Waals surface area contributed by atoms with Gasteiger partial charge in [0.25, 0.3) is 0 Å². The Hall–Kier alpha value is -2.77. The number of fused-ring (bicyclic) bond motifs is 1. The number of hydrogen-bond donors (Lipinski definition) is 1. The minimum atomic E-state index is -4.50. The molecular formula is C18H17F4N3O. The van der Waals surface area contributed by atoms with Gasteiger partial charge in [-0.2, -0.15) is 13.2 Å². The Morgan fingerprint density at radius 1 is 1.31 bits per heavy atom. The molecule has 0 radical (unpaired) electrons. The number of halogens is 4. The fraction of sp³-hybridized carbons (Fsp3) is 0.278. The fourth-order valence-electron chi connectivity index (χ4n) is 2.83. The smallest absolute Gasteiger partial charge is 0.416 e. The Balaban J connectivity index is 2.16. The monoisotopic (exact) mass is 367 g/mol. The summed E-state index contributed by atoms with van der Waals surface area (Å²) in [5.41, 5.74) is -0.0499. The second kappa shape index (κ2) is 6.86. The second-order valence-corrected chi connectivity index (χ2v) is 5.64. The Labute approximate surface area is 148 Å². The molecule has 1 aromatic carbocycles. The summed E-state index contributed by atoms with van der Waals surface area (Å²) in [7, 11) is 1.33. The van der Waals surface area contributed by atoms with E-state index in [2.05, 4.69) is 10.3 Å².